The number of anilines is 1. The SMILES string of the molecule is COc1ccccc1NC(=O)/C=C(\C)c1cc2c(-c3ccc(Cl)cc3)coc2cc1OC. The Kier molecular flexibility index (Phi) is 6.19. The molecule has 1 aromatic heterocycles. The van der Waals surface area contributed by atoms with Crippen LogP contribution in [0.15, 0.2) is 77.4 Å². The van der Waals surface area contributed by atoms with Crippen molar-refractivity contribution in [1.29, 1.82) is 0 Å². The third-order valence-electron chi connectivity index (χ3n) is 5.19. The van der Waals surface area contributed by atoms with Crippen LogP contribution in [0.5, 0.6) is 11.5 Å². The van der Waals surface area contributed by atoms with E-state index >= 15 is 0 Å². The summed E-state index contributed by atoms with van der Waals surface area (Å²) in [6.45, 7) is 1.87. The molecule has 32 heavy (non-hydrogen) atoms. The molecule has 0 aliphatic carbocycles. The van der Waals surface area contributed by atoms with Gasteiger partial charge in [-0.3, -0.25) is 4.79 Å². The van der Waals surface area contributed by atoms with Gasteiger partial charge in [0.1, 0.15) is 17.1 Å². The van der Waals surface area contributed by atoms with Gasteiger partial charge in [-0.25, -0.2) is 0 Å². The van der Waals surface area contributed by atoms with Gasteiger partial charge in [0.2, 0.25) is 5.91 Å². The predicted octanol–water partition coefficient (Wildman–Crippen LogP) is 6.81. The molecule has 0 aliphatic rings. The fourth-order valence-electron chi connectivity index (χ4n) is 3.58. The second-order valence-electron chi connectivity index (χ2n) is 7.22. The van der Waals surface area contributed by atoms with Gasteiger partial charge >= 0.3 is 0 Å². The lowest BCUT2D eigenvalue weighted by molar-refractivity contribution is -0.111. The highest BCUT2D eigenvalue weighted by molar-refractivity contribution is 6.30. The molecular weight excluding hydrogens is 426 g/mol. The molecule has 0 spiro atoms. The number of amides is 1. The largest absolute Gasteiger partial charge is 0.496 e. The molecule has 0 fully saturated rings. The minimum atomic E-state index is -0.265. The lowest BCUT2D eigenvalue weighted by atomic mass is 9.99. The molecule has 162 valence electrons. The van der Waals surface area contributed by atoms with Gasteiger partial charge in [-0.1, -0.05) is 35.9 Å². The van der Waals surface area contributed by atoms with Crippen molar-refractivity contribution in [3.63, 3.8) is 0 Å². The van der Waals surface area contributed by atoms with Crippen LogP contribution in [0.25, 0.3) is 27.7 Å². The van der Waals surface area contributed by atoms with Gasteiger partial charge in [0.05, 0.1) is 26.2 Å². The lowest BCUT2D eigenvalue weighted by Crippen LogP contribution is -2.09. The Labute approximate surface area is 191 Å². The Bertz CT molecular complexity index is 1310. The van der Waals surface area contributed by atoms with Crippen LogP contribution in [0.1, 0.15) is 12.5 Å². The van der Waals surface area contributed by atoms with Crippen molar-refractivity contribution in [3.8, 4) is 22.6 Å². The van der Waals surface area contributed by atoms with Gasteiger partial charge < -0.3 is 19.2 Å². The quantitative estimate of drug-likeness (QED) is 0.330. The Morgan fingerprint density at radius 1 is 1.00 bits per heavy atom. The number of carbonyl (C=O) groups excluding carboxylic acids is 1. The van der Waals surface area contributed by atoms with Gasteiger partial charge in [0, 0.05) is 33.7 Å². The lowest BCUT2D eigenvalue weighted by Gasteiger charge is -2.11. The number of carbonyl (C=O) groups is 1. The topological polar surface area (TPSA) is 60.7 Å². The normalized spacial score (nSPS) is 11.4. The summed E-state index contributed by atoms with van der Waals surface area (Å²) in [4.78, 5) is 12.7. The molecular formula is C26H22ClNO4. The van der Waals surface area contributed by atoms with E-state index in [1.165, 1.54) is 6.08 Å². The summed E-state index contributed by atoms with van der Waals surface area (Å²) in [5, 5.41) is 4.45. The molecule has 0 aliphatic heterocycles. The van der Waals surface area contributed by atoms with Crippen molar-refractivity contribution in [2.75, 3.05) is 19.5 Å². The number of hydrogen-bond acceptors (Lipinski definition) is 4. The molecule has 4 rings (SSSR count). The first-order valence-corrected chi connectivity index (χ1v) is 10.4. The Morgan fingerprint density at radius 2 is 1.72 bits per heavy atom. The summed E-state index contributed by atoms with van der Waals surface area (Å²) in [6, 6.07) is 18.6. The Hall–Kier alpha value is -3.70. The number of furan rings is 1. The number of allylic oxidation sites excluding steroid dienone is 1. The first-order valence-electron chi connectivity index (χ1n) is 9.98. The molecule has 1 heterocycles. The van der Waals surface area contributed by atoms with Crippen molar-refractivity contribution >= 4 is 39.7 Å². The standard InChI is InChI=1S/C26H22ClNO4/c1-16(12-26(29)28-22-6-4-5-7-23(22)30-2)19-13-20-21(17-8-10-18(27)11-9-17)15-32-25(20)14-24(19)31-3/h4-15H,1-3H3,(H,28,29)/b16-12+. The second kappa shape index (κ2) is 9.20. The minimum Gasteiger partial charge on any atom is -0.496 e. The highest BCUT2D eigenvalue weighted by Gasteiger charge is 2.15. The van der Waals surface area contributed by atoms with E-state index in [0.717, 1.165) is 27.6 Å². The molecule has 0 saturated carbocycles. The number of benzene rings is 3. The van der Waals surface area contributed by atoms with Gasteiger partial charge in [0.15, 0.2) is 0 Å². The summed E-state index contributed by atoms with van der Waals surface area (Å²) in [5.74, 6) is 0.949. The van der Waals surface area contributed by atoms with Gasteiger partial charge in [-0.2, -0.15) is 0 Å². The number of hydrogen-bond donors (Lipinski definition) is 1. The van der Waals surface area contributed by atoms with Crippen molar-refractivity contribution in [3.05, 3.63) is 83.6 Å². The third-order valence-corrected chi connectivity index (χ3v) is 5.44. The molecule has 0 unspecified atom stereocenters. The summed E-state index contributed by atoms with van der Waals surface area (Å²) in [7, 11) is 3.16. The average molecular weight is 448 g/mol. The van der Waals surface area contributed by atoms with Crippen molar-refractivity contribution < 1.29 is 18.7 Å². The first-order chi connectivity index (χ1) is 15.5. The number of halogens is 1. The Balaban J connectivity index is 1.71. The molecule has 4 aromatic rings. The molecule has 3 aromatic carbocycles. The summed E-state index contributed by atoms with van der Waals surface area (Å²) >= 11 is 6.03. The predicted molar refractivity (Wildman–Crippen MR) is 128 cm³/mol. The van der Waals surface area contributed by atoms with Crippen LogP contribution >= 0.6 is 11.6 Å². The van der Waals surface area contributed by atoms with E-state index < -0.39 is 0 Å². The number of rotatable bonds is 6. The average Bonchev–Trinajstić information content (AvgIpc) is 3.21. The molecule has 0 atom stereocenters. The van der Waals surface area contributed by atoms with E-state index in [2.05, 4.69) is 5.32 Å². The van der Waals surface area contributed by atoms with Crippen molar-refractivity contribution in [2.45, 2.75) is 6.92 Å². The summed E-state index contributed by atoms with van der Waals surface area (Å²) in [5.41, 5.74) is 4.77. The van der Waals surface area contributed by atoms with E-state index in [-0.39, 0.29) is 5.91 Å². The van der Waals surface area contributed by atoms with E-state index in [1.54, 1.807) is 32.6 Å². The number of fused-ring (bicyclic) bond motifs is 1. The highest BCUT2D eigenvalue weighted by atomic mass is 35.5. The zero-order valence-corrected chi connectivity index (χ0v) is 18.7. The molecule has 0 bridgehead atoms. The van der Waals surface area contributed by atoms with Crippen molar-refractivity contribution in [1.82, 2.24) is 0 Å². The van der Waals surface area contributed by atoms with Crippen molar-refractivity contribution in [2.24, 2.45) is 0 Å². The second-order valence-corrected chi connectivity index (χ2v) is 7.66. The smallest absolute Gasteiger partial charge is 0.248 e. The van der Waals surface area contributed by atoms with E-state index in [4.69, 9.17) is 25.5 Å². The van der Waals surface area contributed by atoms with Crippen LogP contribution in [-0.2, 0) is 4.79 Å². The van der Waals surface area contributed by atoms with E-state index in [0.29, 0.717) is 27.8 Å². The molecule has 0 radical (unpaired) electrons. The molecule has 0 saturated heterocycles. The zero-order valence-electron chi connectivity index (χ0n) is 17.9. The van der Waals surface area contributed by atoms with Crippen LogP contribution in [0, 0.1) is 0 Å². The van der Waals surface area contributed by atoms with Crippen LogP contribution in [0.3, 0.4) is 0 Å². The van der Waals surface area contributed by atoms with Gasteiger partial charge in [-0.15, -0.1) is 0 Å². The number of methoxy groups -OCH3 is 2. The number of nitrogens with one attached hydrogen (secondary N) is 1. The maximum Gasteiger partial charge on any atom is 0.248 e. The highest BCUT2D eigenvalue weighted by Crippen LogP contribution is 2.37. The number of para-hydroxylation sites is 2. The van der Waals surface area contributed by atoms with Crippen LogP contribution in [0.4, 0.5) is 5.69 Å². The Morgan fingerprint density at radius 3 is 2.44 bits per heavy atom. The summed E-state index contributed by atoms with van der Waals surface area (Å²) in [6.07, 6.45) is 3.25. The third kappa shape index (κ3) is 4.34. The maximum absolute atomic E-state index is 12.7. The minimum absolute atomic E-state index is 0.265. The van der Waals surface area contributed by atoms with Crippen LogP contribution < -0.4 is 14.8 Å². The van der Waals surface area contributed by atoms with E-state index in [9.17, 15) is 4.79 Å². The molecule has 5 nitrogen and oxygen atoms in total. The monoisotopic (exact) mass is 447 g/mol. The van der Waals surface area contributed by atoms with Crippen LogP contribution in [-0.4, -0.2) is 20.1 Å². The maximum atomic E-state index is 12.7. The zero-order chi connectivity index (χ0) is 22.7. The van der Waals surface area contributed by atoms with E-state index in [1.807, 2.05) is 55.5 Å². The molecule has 1 N–H and O–H groups in total. The molecule has 1 amide bonds. The van der Waals surface area contributed by atoms with Gasteiger partial charge in [0.25, 0.3) is 0 Å². The fourth-order valence-corrected chi connectivity index (χ4v) is 3.70. The first kappa shape index (κ1) is 21.5. The molecule has 6 heteroatoms. The van der Waals surface area contributed by atoms with Gasteiger partial charge in [-0.05, 0) is 48.4 Å². The summed E-state index contributed by atoms with van der Waals surface area (Å²) < 4.78 is 16.6. The number of ether oxygens (including phenoxy) is 2. The fraction of sp³-hybridized carbons (Fsp3) is 0.115. The van der Waals surface area contributed by atoms with Crippen LogP contribution in [0.2, 0.25) is 5.02 Å².